The van der Waals surface area contributed by atoms with Crippen molar-refractivity contribution in [3.05, 3.63) is 138 Å². The van der Waals surface area contributed by atoms with Crippen LogP contribution in [0.4, 0.5) is 4.39 Å². The summed E-state index contributed by atoms with van der Waals surface area (Å²) in [7, 11) is 0. The molecule has 3 aliphatic carbocycles. The molecule has 6 atom stereocenters. The summed E-state index contributed by atoms with van der Waals surface area (Å²) in [6, 6.07) is 30.0. The number of carbonyl (C=O) groups excluding carboxylic acids is 1. The molecule has 0 radical (unpaired) electrons. The minimum atomic E-state index is -1.40. The maximum atomic E-state index is 14.8. The molecule has 10 heteroatoms. The van der Waals surface area contributed by atoms with Crippen molar-refractivity contribution in [2.75, 3.05) is 19.8 Å². The summed E-state index contributed by atoms with van der Waals surface area (Å²) in [5.74, 6) is -0.392. The summed E-state index contributed by atoms with van der Waals surface area (Å²) in [5, 5.41) is 25.0. The Kier molecular flexibility index (Phi) is 14.0. The smallest absolute Gasteiger partial charge is 0.239 e. The minimum Gasteiger partial charge on any atom is -0.459 e. The number of aliphatic hydroxyl groups is 2. The predicted molar refractivity (Wildman–Crippen MR) is 247 cm³/mol. The van der Waals surface area contributed by atoms with E-state index in [1.807, 2.05) is 68.1 Å². The lowest BCUT2D eigenvalue weighted by atomic mass is 9.55. The van der Waals surface area contributed by atoms with Gasteiger partial charge in [0.15, 0.2) is 0 Å². The molecule has 2 N–H and O–H groups in total. The van der Waals surface area contributed by atoms with E-state index in [1.54, 1.807) is 18.2 Å². The average Bonchev–Trinajstić information content (AvgIpc) is 4.15. The molecule has 2 saturated carbocycles. The third-order valence-corrected chi connectivity index (χ3v) is 13.1. The Morgan fingerprint density at radius 1 is 0.906 bits per heavy atom. The fourth-order valence-corrected chi connectivity index (χ4v) is 10.1. The number of halogens is 1. The van der Waals surface area contributed by atoms with Crippen LogP contribution in [0, 0.1) is 29.5 Å². The fraction of sp³-hybridized carbons (Fsp3) is 0.444. The van der Waals surface area contributed by atoms with E-state index >= 15 is 0 Å². The number of unbranched alkanes of at least 4 members (excludes halogenated alkanes) is 2. The molecular weight excluding hydrogens is 808 g/mol. The maximum Gasteiger partial charge on any atom is 0.239 e. The number of carbonyl (C=O) groups is 1. The molecule has 1 amide bonds. The number of oxime groups is 1. The molecule has 4 aromatic rings. The first-order chi connectivity index (χ1) is 31.0. The lowest BCUT2D eigenvalue weighted by Gasteiger charge is -2.60. The van der Waals surface area contributed by atoms with Crippen LogP contribution in [-0.2, 0) is 20.9 Å². The van der Waals surface area contributed by atoms with Gasteiger partial charge in [0.25, 0.3) is 0 Å². The predicted octanol–water partition coefficient (Wildman–Crippen LogP) is 11.2. The molecule has 9 nitrogen and oxygen atoms in total. The summed E-state index contributed by atoms with van der Waals surface area (Å²) < 4.78 is 35.5. The zero-order chi connectivity index (χ0) is 44.8. The number of nitrogens with zero attached hydrogens (tertiary/aromatic N) is 2. The zero-order valence-corrected chi connectivity index (χ0v) is 37.5. The second kappa shape index (κ2) is 19.8. The van der Waals surface area contributed by atoms with E-state index in [-0.39, 0.29) is 68.2 Å². The lowest BCUT2D eigenvalue weighted by Crippen LogP contribution is -2.70. The van der Waals surface area contributed by atoms with Crippen LogP contribution < -0.4 is 9.47 Å². The summed E-state index contributed by atoms with van der Waals surface area (Å²) in [5.41, 5.74) is 5.09. The van der Waals surface area contributed by atoms with Gasteiger partial charge in [-0.2, -0.15) is 0 Å². The largest absolute Gasteiger partial charge is 0.459 e. The van der Waals surface area contributed by atoms with Crippen molar-refractivity contribution in [2.45, 2.75) is 108 Å². The number of allylic oxidation sites excluding steroid dienone is 1. The number of aliphatic hydroxyl groups excluding tert-OH is 2. The molecule has 8 rings (SSSR count). The van der Waals surface area contributed by atoms with Crippen LogP contribution in [-0.4, -0.2) is 64.0 Å². The molecule has 4 aromatic carbocycles. The molecule has 6 unspecified atom stereocenters. The number of hydrogen-bond donors (Lipinski definition) is 2. The van der Waals surface area contributed by atoms with Crippen LogP contribution >= 0.6 is 0 Å². The monoisotopic (exact) mass is 870 g/mol. The van der Waals surface area contributed by atoms with Crippen LogP contribution in [0.3, 0.4) is 0 Å². The van der Waals surface area contributed by atoms with Gasteiger partial charge in [-0.15, -0.1) is 6.58 Å². The van der Waals surface area contributed by atoms with E-state index in [2.05, 4.69) is 43.0 Å². The summed E-state index contributed by atoms with van der Waals surface area (Å²) in [6.07, 6.45) is 10.6. The third-order valence-electron chi connectivity index (χ3n) is 13.1. The third kappa shape index (κ3) is 9.99. The van der Waals surface area contributed by atoms with E-state index in [0.717, 1.165) is 72.1 Å². The first kappa shape index (κ1) is 45.3. The summed E-state index contributed by atoms with van der Waals surface area (Å²) in [6.45, 7) is 10.5. The highest BCUT2D eigenvalue weighted by Gasteiger charge is 2.66. The molecule has 0 spiro atoms. The van der Waals surface area contributed by atoms with Gasteiger partial charge in [-0.3, -0.25) is 4.79 Å². The maximum absolute atomic E-state index is 14.8. The molecule has 1 heterocycles. The van der Waals surface area contributed by atoms with Gasteiger partial charge < -0.3 is 34.2 Å². The number of ether oxygens (including phenoxy) is 3. The van der Waals surface area contributed by atoms with Crippen molar-refractivity contribution >= 4 is 11.6 Å². The van der Waals surface area contributed by atoms with Crippen molar-refractivity contribution in [1.82, 2.24) is 4.90 Å². The molecule has 1 aliphatic heterocycles. The van der Waals surface area contributed by atoms with E-state index in [4.69, 9.17) is 24.2 Å². The van der Waals surface area contributed by atoms with Crippen molar-refractivity contribution in [3.8, 4) is 28.4 Å². The molecule has 338 valence electrons. The minimum absolute atomic E-state index is 0.00425. The molecule has 4 aliphatic rings. The lowest BCUT2D eigenvalue weighted by molar-refractivity contribution is -0.258. The highest BCUT2D eigenvalue weighted by Crippen LogP contribution is 2.62. The highest BCUT2D eigenvalue weighted by molar-refractivity contribution is 6.03. The quantitative estimate of drug-likeness (QED) is 0.0548. The van der Waals surface area contributed by atoms with Gasteiger partial charge in [0.2, 0.25) is 11.7 Å². The first-order valence-corrected chi connectivity index (χ1v) is 23.2. The van der Waals surface area contributed by atoms with Crippen LogP contribution in [0.25, 0.3) is 11.1 Å². The van der Waals surface area contributed by atoms with Crippen molar-refractivity contribution in [1.29, 1.82) is 0 Å². The van der Waals surface area contributed by atoms with Gasteiger partial charge in [0.1, 0.15) is 34.7 Å². The van der Waals surface area contributed by atoms with Gasteiger partial charge in [-0.1, -0.05) is 84.7 Å². The summed E-state index contributed by atoms with van der Waals surface area (Å²) in [4.78, 5) is 23.0. The number of rotatable bonds is 19. The van der Waals surface area contributed by atoms with Gasteiger partial charge in [-0.05, 0) is 136 Å². The van der Waals surface area contributed by atoms with Crippen LogP contribution in [0.15, 0.2) is 127 Å². The number of benzene rings is 4. The molecular formula is C54H63FN2O7. The van der Waals surface area contributed by atoms with Crippen molar-refractivity contribution in [3.63, 3.8) is 0 Å². The molecule has 0 bridgehead atoms. The van der Waals surface area contributed by atoms with Crippen molar-refractivity contribution in [2.24, 2.45) is 28.8 Å². The topological polar surface area (TPSA) is 110 Å². The van der Waals surface area contributed by atoms with Gasteiger partial charge in [0, 0.05) is 43.6 Å². The van der Waals surface area contributed by atoms with E-state index in [9.17, 15) is 19.4 Å². The normalized spacial score (nSPS) is 24.2. The Bertz CT molecular complexity index is 2280. The Morgan fingerprint density at radius 3 is 2.27 bits per heavy atom. The molecule has 0 saturated heterocycles. The van der Waals surface area contributed by atoms with Crippen LogP contribution in [0.2, 0.25) is 0 Å². The second-order valence-corrected chi connectivity index (χ2v) is 18.8. The Balaban J connectivity index is 1.30. The van der Waals surface area contributed by atoms with Crippen molar-refractivity contribution < 1.29 is 38.4 Å². The van der Waals surface area contributed by atoms with Gasteiger partial charge >= 0.3 is 0 Å². The summed E-state index contributed by atoms with van der Waals surface area (Å²) >= 11 is 0. The first-order valence-electron chi connectivity index (χ1n) is 23.2. The number of amides is 1. The fourth-order valence-electron chi connectivity index (χ4n) is 10.1. The molecule has 64 heavy (non-hydrogen) atoms. The Morgan fingerprint density at radius 2 is 1.59 bits per heavy atom. The Labute approximate surface area is 377 Å². The SMILES string of the molecule is C=CCOC12Oc3ccc(Oc4ccc(-c5ccccc5)cc4)cc3C3C(CCCCO)C(CCCCO)C=C(C(=NOC(C)(C)C)CC1N(Cc1ccc(F)cc1)C(=O)C1CC1)C32. The number of fused-ring (bicyclic) bond motifs is 2. The van der Waals surface area contributed by atoms with E-state index in [1.165, 1.54) is 12.1 Å². The standard InChI is InChI=1S/C54H63FN2O7/c1-5-31-61-54-49(57(52(60)39-19-20-39)35-36-17-23-41(55)24-18-36)34-47(56-64-53(2,3)4)45-32-40(15-9-11-29-58)44(16-10-12-30-59)50(51(45)54)46-33-43(27-28-48(46)63-54)62-42-25-21-38(22-26-42)37-13-7-6-8-14-37/h5-8,13-14,17-18,21-28,32-33,39-40,44,49-51,58-59H,1,9-12,15-16,19-20,29-31,34-35H2,2-4H3. The van der Waals surface area contributed by atoms with Crippen LogP contribution in [0.1, 0.15) is 95.6 Å². The van der Waals surface area contributed by atoms with Gasteiger partial charge in [0.05, 0.1) is 18.2 Å². The number of hydrogen-bond acceptors (Lipinski definition) is 8. The van der Waals surface area contributed by atoms with E-state index < -0.39 is 23.3 Å². The highest BCUT2D eigenvalue weighted by atomic mass is 19.1. The molecule has 2 fully saturated rings. The second-order valence-electron chi connectivity index (χ2n) is 18.8. The average molecular weight is 871 g/mol. The van der Waals surface area contributed by atoms with E-state index in [0.29, 0.717) is 30.1 Å². The van der Waals surface area contributed by atoms with Gasteiger partial charge in [-0.25, -0.2) is 4.39 Å². The zero-order valence-electron chi connectivity index (χ0n) is 37.5. The van der Waals surface area contributed by atoms with Crippen LogP contribution in [0.5, 0.6) is 17.2 Å². The molecule has 0 aromatic heterocycles. The Hall–Kier alpha value is -5.29.